The first-order valence-electron chi connectivity index (χ1n) is 7.27. The maximum atomic E-state index is 5.93. The van der Waals surface area contributed by atoms with Gasteiger partial charge in [-0.2, -0.15) is 5.10 Å². The quantitative estimate of drug-likeness (QED) is 0.635. The molecule has 0 spiro atoms. The molecule has 2 aromatic rings. The molecule has 0 amide bonds. The summed E-state index contributed by atoms with van der Waals surface area (Å²) in [5.41, 5.74) is 13.0. The molecular weight excluding hydrogens is 328 g/mol. The highest BCUT2D eigenvalue weighted by Gasteiger charge is 2.10. The number of thiazole rings is 1. The lowest BCUT2D eigenvalue weighted by Gasteiger charge is -2.13. The van der Waals surface area contributed by atoms with Crippen molar-refractivity contribution in [3.8, 4) is 11.3 Å². The minimum atomic E-state index is 0.0662. The Morgan fingerprint density at radius 2 is 2.17 bits per heavy atom. The number of halogens is 1. The number of hydrogen-bond acceptors (Lipinski definition) is 5. The third-order valence-electron chi connectivity index (χ3n) is 3.54. The van der Waals surface area contributed by atoms with Crippen molar-refractivity contribution in [1.29, 1.82) is 0 Å². The Kier molecular flexibility index (Phi) is 4.91. The molecule has 1 heterocycles. The van der Waals surface area contributed by atoms with Crippen LogP contribution in [0, 0.1) is 0 Å². The molecule has 1 aliphatic rings. The average Bonchev–Trinajstić information content (AvgIpc) is 3.02. The first-order valence-corrected chi connectivity index (χ1v) is 8.52. The van der Waals surface area contributed by atoms with Crippen LogP contribution in [0.3, 0.4) is 0 Å². The third kappa shape index (κ3) is 4.07. The molecular formula is C17H17ClN4S. The maximum Gasteiger partial charge on any atom is 0.203 e. The van der Waals surface area contributed by atoms with Gasteiger partial charge < -0.3 is 5.73 Å². The lowest BCUT2D eigenvalue weighted by Crippen LogP contribution is -2.21. The molecule has 1 aromatic heterocycles. The zero-order valence-corrected chi connectivity index (χ0v) is 14.2. The molecule has 0 aliphatic heterocycles. The number of anilines is 1. The Labute approximate surface area is 144 Å². The summed E-state index contributed by atoms with van der Waals surface area (Å²) in [6, 6.07) is 7.69. The first-order chi connectivity index (χ1) is 11.1. The van der Waals surface area contributed by atoms with E-state index in [4.69, 9.17) is 17.3 Å². The minimum Gasteiger partial charge on any atom is -0.324 e. The van der Waals surface area contributed by atoms with Gasteiger partial charge in [-0.1, -0.05) is 42.0 Å². The molecule has 1 aromatic carbocycles. The van der Waals surface area contributed by atoms with Crippen LogP contribution in [0.15, 0.2) is 58.5 Å². The van der Waals surface area contributed by atoms with Crippen molar-refractivity contribution in [2.45, 2.75) is 19.4 Å². The highest BCUT2D eigenvalue weighted by atomic mass is 35.5. The zero-order chi connectivity index (χ0) is 16.2. The average molecular weight is 345 g/mol. The van der Waals surface area contributed by atoms with Crippen molar-refractivity contribution in [2.75, 3.05) is 5.43 Å². The van der Waals surface area contributed by atoms with Crippen LogP contribution in [0.25, 0.3) is 11.3 Å². The fraction of sp³-hybridized carbons (Fsp3) is 0.176. The van der Waals surface area contributed by atoms with E-state index in [9.17, 15) is 0 Å². The Bertz CT molecular complexity index is 774. The van der Waals surface area contributed by atoms with Gasteiger partial charge in [0.1, 0.15) is 0 Å². The third-order valence-corrected chi connectivity index (χ3v) is 4.54. The molecule has 0 fully saturated rings. The summed E-state index contributed by atoms with van der Waals surface area (Å²) in [5.74, 6) is 0. The Morgan fingerprint density at radius 3 is 2.91 bits per heavy atom. The number of nitrogens with one attached hydrogen (secondary N) is 1. The smallest absolute Gasteiger partial charge is 0.203 e. The number of nitrogens with two attached hydrogens (primary N) is 1. The topological polar surface area (TPSA) is 63.3 Å². The molecule has 0 radical (unpaired) electrons. The Hall–Kier alpha value is -1.95. The van der Waals surface area contributed by atoms with E-state index in [0.717, 1.165) is 39.1 Å². The Morgan fingerprint density at radius 1 is 1.39 bits per heavy atom. The van der Waals surface area contributed by atoms with Crippen molar-refractivity contribution < 1.29 is 0 Å². The summed E-state index contributed by atoms with van der Waals surface area (Å²) in [6.07, 6.45) is 6.82. The monoisotopic (exact) mass is 344 g/mol. The predicted octanol–water partition coefficient (Wildman–Crippen LogP) is 4.46. The fourth-order valence-corrected chi connectivity index (χ4v) is 3.04. The van der Waals surface area contributed by atoms with Crippen LogP contribution < -0.4 is 11.2 Å². The minimum absolute atomic E-state index is 0.0662. The number of hydrogen-bond donors (Lipinski definition) is 2. The summed E-state index contributed by atoms with van der Waals surface area (Å²) in [4.78, 5) is 4.54. The molecule has 118 valence electrons. The molecule has 23 heavy (non-hydrogen) atoms. The van der Waals surface area contributed by atoms with Gasteiger partial charge in [0, 0.05) is 22.0 Å². The van der Waals surface area contributed by atoms with Crippen LogP contribution in [-0.4, -0.2) is 16.7 Å². The molecule has 4 nitrogen and oxygen atoms in total. The van der Waals surface area contributed by atoms with Crippen LogP contribution in [0.2, 0.25) is 5.02 Å². The van der Waals surface area contributed by atoms with Crippen molar-refractivity contribution >= 4 is 33.8 Å². The normalized spacial score (nSPS) is 18.0. The van der Waals surface area contributed by atoms with E-state index in [1.54, 1.807) is 0 Å². The van der Waals surface area contributed by atoms with Gasteiger partial charge in [0.05, 0.1) is 11.4 Å². The summed E-state index contributed by atoms with van der Waals surface area (Å²) < 4.78 is 0. The van der Waals surface area contributed by atoms with E-state index in [1.807, 2.05) is 54.8 Å². The second-order valence-electron chi connectivity index (χ2n) is 5.30. The largest absolute Gasteiger partial charge is 0.324 e. The Balaban J connectivity index is 1.69. The van der Waals surface area contributed by atoms with E-state index < -0.39 is 0 Å². The number of nitrogens with zero attached hydrogens (tertiary/aromatic N) is 2. The van der Waals surface area contributed by atoms with Gasteiger partial charge >= 0.3 is 0 Å². The number of rotatable bonds is 4. The lowest BCUT2D eigenvalue weighted by atomic mass is 9.98. The predicted molar refractivity (Wildman–Crippen MR) is 99.1 cm³/mol. The van der Waals surface area contributed by atoms with Crippen LogP contribution in [0.5, 0.6) is 0 Å². The second kappa shape index (κ2) is 7.08. The van der Waals surface area contributed by atoms with Crippen LogP contribution in [0.1, 0.15) is 13.3 Å². The molecule has 3 N–H and O–H groups in total. The molecule has 0 bridgehead atoms. The molecule has 3 rings (SSSR count). The van der Waals surface area contributed by atoms with Crippen molar-refractivity contribution in [3.63, 3.8) is 0 Å². The number of benzene rings is 1. The summed E-state index contributed by atoms with van der Waals surface area (Å²) in [6.45, 7) is 1.97. The maximum absolute atomic E-state index is 5.93. The first kappa shape index (κ1) is 15.9. The van der Waals surface area contributed by atoms with Crippen molar-refractivity contribution in [1.82, 2.24) is 4.98 Å². The standard InChI is InChI=1S/C17H17ClN4S/c1-11(13-3-2-4-15(19)9-13)21-22-17-20-16(10-23-17)12-5-7-14(18)8-6-12/h2-8,10,15H,9,19H2,1H3,(H,20,22)/b21-11-. The van der Waals surface area contributed by atoms with Gasteiger partial charge in [-0.3, -0.25) is 5.43 Å². The van der Waals surface area contributed by atoms with Crippen molar-refractivity contribution in [2.24, 2.45) is 10.8 Å². The van der Waals surface area contributed by atoms with E-state index in [1.165, 1.54) is 11.3 Å². The fourth-order valence-electron chi connectivity index (χ4n) is 2.25. The summed E-state index contributed by atoms with van der Waals surface area (Å²) in [5, 5.41) is 7.88. The second-order valence-corrected chi connectivity index (χ2v) is 6.59. The van der Waals surface area contributed by atoms with Gasteiger partial charge in [0.15, 0.2) is 0 Å². The molecule has 1 unspecified atom stereocenters. The lowest BCUT2D eigenvalue weighted by molar-refractivity contribution is 0.809. The van der Waals surface area contributed by atoms with Crippen molar-refractivity contribution in [3.05, 3.63) is 58.5 Å². The highest BCUT2D eigenvalue weighted by Crippen LogP contribution is 2.26. The SMILES string of the molecule is C/C(=N/Nc1nc(-c2ccc(Cl)cc2)cs1)C1=CC=CC(N)C1. The van der Waals surface area contributed by atoms with E-state index in [0.29, 0.717) is 0 Å². The van der Waals surface area contributed by atoms with Crippen LogP contribution >= 0.6 is 22.9 Å². The highest BCUT2D eigenvalue weighted by molar-refractivity contribution is 7.14. The van der Waals surface area contributed by atoms with Gasteiger partial charge in [-0.05, 0) is 31.1 Å². The number of allylic oxidation sites excluding steroid dienone is 2. The zero-order valence-electron chi connectivity index (χ0n) is 12.7. The number of aromatic nitrogens is 1. The molecule has 0 saturated carbocycles. The number of hydrazone groups is 1. The van der Waals surface area contributed by atoms with Crippen LogP contribution in [-0.2, 0) is 0 Å². The summed E-state index contributed by atoms with van der Waals surface area (Å²) >= 11 is 7.42. The van der Waals surface area contributed by atoms with E-state index >= 15 is 0 Å². The van der Waals surface area contributed by atoms with E-state index in [-0.39, 0.29) is 6.04 Å². The van der Waals surface area contributed by atoms with Gasteiger partial charge in [-0.15, -0.1) is 11.3 Å². The van der Waals surface area contributed by atoms with Gasteiger partial charge in [-0.25, -0.2) is 4.98 Å². The van der Waals surface area contributed by atoms with E-state index in [2.05, 4.69) is 15.5 Å². The molecule has 1 atom stereocenters. The van der Waals surface area contributed by atoms with Gasteiger partial charge in [0.2, 0.25) is 5.13 Å². The van der Waals surface area contributed by atoms with Gasteiger partial charge in [0.25, 0.3) is 0 Å². The van der Waals surface area contributed by atoms with Crippen LogP contribution in [0.4, 0.5) is 5.13 Å². The molecule has 1 aliphatic carbocycles. The molecule has 0 saturated heterocycles. The molecule has 6 heteroatoms. The summed E-state index contributed by atoms with van der Waals surface area (Å²) in [7, 11) is 0.